The number of guanidine groups is 1. The van der Waals surface area contributed by atoms with E-state index in [0.29, 0.717) is 31.2 Å². The molecule has 0 spiro atoms. The van der Waals surface area contributed by atoms with Gasteiger partial charge in [0.05, 0.1) is 13.7 Å². The zero-order valence-electron chi connectivity index (χ0n) is 17.6. The maximum absolute atomic E-state index is 12.1. The van der Waals surface area contributed by atoms with Crippen molar-refractivity contribution in [1.82, 2.24) is 16.0 Å². The second-order valence-electron chi connectivity index (χ2n) is 6.56. The zero-order chi connectivity index (χ0) is 21.8. The summed E-state index contributed by atoms with van der Waals surface area (Å²) < 4.78 is 11.1. The van der Waals surface area contributed by atoms with Crippen LogP contribution in [0.15, 0.2) is 53.5 Å². The number of aromatic hydroxyl groups is 1. The van der Waals surface area contributed by atoms with Crippen molar-refractivity contribution in [3.8, 4) is 17.2 Å². The summed E-state index contributed by atoms with van der Waals surface area (Å²) in [6.45, 7) is 6.06. The largest absolute Gasteiger partial charge is 0.508 e. The Morgan fingerprint density at radius 3 is 2.47 bits per heavy atom. The van der Waals surface area contributed by atoms with Crippen molar-refractivity contribution in [2.75, 3.05) is 33.3 Å². The van der Waals surface area contributed by atoms with E-state index in [4.69, 9.17) is 9.47 Å². The summed E-state index contributed by atoms with van der Waals surface area (Å²) >= 11 is 0. The molecule has 0 fully saturated rings. The molecule has 2 rings (SSSR count). The smallest absolute Gasteiger partial charge is 0.251 e. The third kappa shape index (κ3) is 7.90. The molecule has 0 aliphatic carbocycles. The van der Waals surface area contributed by atoms with Crippen molar-refractivity contribution < 1.29 is 19.4 Å². The van der Waals surface area contributed by atoms with Crippen molar-refractivity contribution in [2.24, 2.45) is 4.99 Å². The van der Waals surface area contributed by atoms with Crippen molar-refractivity contribution in [2.45, 2.75) is 20.0 Å². The Morgan fingerprint density at radius 1 is 1.07 bits per heavy atom. The average molecular weight is 415 g/mol. The maximum Gasteiger partial charge on any atom is 0.251 e. The Morgan fingerprint density at radius 2 is 1.77 bits per heavy atom. The van der Waals surface area contributed by atoms with Crippen LogP contribution < -0.4 is 25.4 Å². The second kappa shape index (κ2) is 12.2. The van der Waals surface area contributed by atoms with Crippen molar-refractivity contribution in [3.05, 3.63) is 54.1 Å². The van der Waals surface area contributed by atoms with E-state index in [1.54, 1.807) is 19.2 Å². The molecule has 1 unspecified atom stereocenters. The van der Waals surface area contributed by atoms with E-state index in [-0.39, 0.29) is 17.8 Å². The number of carbonyl (C=O) groups excluding carboxylic acids is 1. The quantitative estimate of drug-likeness (QED) is 0.270. The van der Waals surface area contributed by atoms with Gasteiger partial charge in [-0.2, -0.15) is 0 Å². The molecule has 1 amide bonds. The number of aliphatic imine (C=N–C) groups is 1. The summed E-state index contributed by atoms with van der Waals surface area (Å²) in [5.41, 5.74) is 0.497. The Hall–Kier alpha value is -3.42. The number of methoxy groups -OCH3 is 1. The van der Waals surface area contributed by atoms with Gasteiger partial charge in [0.1, 0.15) is 23.4 Å². The second-order valence-corrected chi connectivity index (χ2v) is 6.56. The predicted octanol–water partition coefficient (Wildman–Crippen LogP) is 2.15. The van der Waals surface area contributed by atoms with E-state index in [2.05, 4.69) is 20.9 Å². The number of phenols is 1. The summed E-state index contributed by atoms with van der Waals surface area (Å²) in [6, 6.07) is 13.6. The monoisotopic (exact) mass is 414 g/mol. The zero-order valence-corrected chi connectivity index (χ0v) is 17.6. The molecule has 8 heteroatoms. The van der Waals surface area contributed by atoms with Gasteiger partial charge >= 0.3 is 0 Å². The van der Waals surface area contributed by atoms with Crippen LogP contribution in [0.1, 0.15) is 24.2 Å². The number of ether oxygens (including phenoxy) is 2. The van der Waals surface area contributed by atoms with Gasteiger partial charge in [0.25, 0.3) is 5.91 Å². The Bertz CT molecular complexity index is 824. The number of nitrogens with zero attached hydrogens (tertiary/aromatic N) is 1. The number of benzene rings is 2. The van der Waals surface area contributed by atoms with Crippen LogP contribution in [0.2, 0.25) is 0 Å². The maximum atomic E-state index is 12.1. The highest BCUT2D eigenvalue weighted by Crippen LogP contribution is 2.19. The topological polar surface area (TPSA) is 104 Å². The molecule has 0 saturated heterocycles. The number of hydrogen-bond acceptors (Lipinski definition) is 5. The van der Waals surface area contributed by atoms with Crippen LogP contribution in [0, 0.1) is 0 Å². The molecule has 0 bridgehead atoms. The molecule has 0 aliphatic heterocycles. The first-order valence-corrected chi connectivity index (χ1v) is 9.92. The summed E-state index contributed by atoms with van der Waals surface area (Å²) in [5.74, 6) is 2.06. The Balaban J connectivity index is 1.77. The molecule has 8 nitrogen and oxygen atoms in total. The molecule has 2 aromatic carbocycles. The van der Waals surface area contributed by atoms with Crippen LogP contribution in [0.25, 0.3) is 0 Å². The lowest BCUT2D eigenvalue weighted by Gasteiger charge is -2.16. The average Bonchev–Trinajstić information content (AvgIpc) is 2.75. The van der Waals surface area contributed by atoms with E-state index >= 15 is 0 Å². The number of hydrogen-bond donors (Lipinski definition) is 4. The first kappa shape index (κ1) is 22.9. The number of carbonyl (C=O) groups is 1. The SMILES string of the molecule is CCNC(=NCC(C)Oc1cccc(OC)c1)NCCNC(=O)c1ccc(O)cc1. The highest BCUT2D eigenvalue weighted by atomic mass is 16.5. The minimum Gasteiger partial charge on any atom is -0.508 e. The lowest BCUT2D eigenvalue weighted by molar-refractivity contribution is 0.0954. The van der Waals surface area contributed by atoms with Gasteiger partial charge in [-0.3, -0.25) is 4.79 Å². The van der Waals surface area contributed by atoms with Crippen LogP contribution in [-0.4, -0.2) is 56.4 Å². The third-order valence-corrected chi connectivity index (χ3v) is 4.06. The lowest BCUT2D eigenvalue weighted by Crippen LogP contribution is -2.42. The fourth-order valence-corrected chi connectivity index (χ4v) is 2.58. The van der Waals surface area contributed by atoms with Crippen molar-refractivity contribution >= 4 is 11.9 Å². The van der Waals surface area contributed by atoms with Crippen molar-refractivity contribution in [1.29, 1.82) is 0 Å². The van der Waals surface area contributed by atoms with Gasteiger partial charge < -0.3 is 30.5 Å². The predicted molar refractivity (Wildman–Crippen MR) is 118 cm³/mol. The minimum absolute atomic E-state index is 0.123. The van der Waals surface area contributed by atoms with Gasteiger partial charge in [-0.05, 0) is 50.2 Å². The van der Waals surface area contributed by atoms with Crippen molar-refractivity contribution in [3.63, 3.8) is 0 Å². The van der Waals surface area contributed by atoms with Gasteiger partial charge in [-0.25, -0.2) is 4.99 Å². The molecular formula is C22H30N4O4. The van der Waals surface area contributed by atoms with E-state index in [1.165, 1.54) is 12.1 Å². The first-order chi connectivity index (χ1) is 14.5. The molecule has 0 radical (unpaired) electrons. The van der Waals surface area contributed by atoms with E-state index < -0.39 is 0 Å². The fraction of sp³-hybridized carbons (Fsp3) is 0.364. The first-order valence-electron chi connectivity index (χ1n) is 9.92. The standard InChI is InChI=1S/C22H30N4O4/c1-4-23-22(25-13-12-24-21(28)17-8-10-18(27)11-9-17)26-15-16(2)30-20-7-5-6-19(14-20)29-3/h5-11,14,16,27H,4,12-13,15H2,1-3H3,(H,24,28)(H2,23,25,26). The molecule has 0 aliphatic rings. The Labute approximate surface area is 177 Å². The van der Waals surface area contributed by atoms with Gasteiger partial charge in [-0.15, -0.1) is 0 Å². The van der Waals surface area contributed by atoms with Gasteiger partial charge in [0.15, 0.2) is 5.96 Å². The molecule has 1 atom stereocenters. The van der Waals surface area contributed by atoms with Crippen LogP contribution in [0.5, 0.6) is 17.2 Å². The molecule has 4 N–H and O–H groups in total. The lowest BCUT2D eigenvalue weighted by atomic mass is 10.2. The number of amides is 1. The molecule has 0 saturated carbocycles. The highest BCUT2D eigenvalue weighted by Gasteiger charge is 2.07. The third-order valence-electron chi connectivity index (χ3n) is 4.06. The summed E-state index contributed by atoms with van der Waals surface area (Å²) in [6.07, 6.45) is -0.123. The van der Waals surface area contributed by atoms with Crippen LogP contribution in [0.3, 0.4) is 0 Å². The highest BCUT2D eigenvalue weighted by molar-refractivity contribution is 5.94. The minimum atomic E-state index is -0.195. The summed E-state index contributed by atoms with van der Waals surface area (Å²) in [5, 5.41) is 18.5. The molecule has 2 aromatic rings. The van der Waals surface area contributed by atoms with E-state index in [9.17, 15) is 9.90 Å². The van der Waals surface area contributed by atoms with Gasteiger partial charge in [-0.1, -0.05) is 6.07 Å². The number of nitrogens with one attached hydrogen (secondary N) is 3. The van der Waals surface area contributed by atoms with Crippen LogP contribution >= 0.6 is 0 Å². The van der Waals surface area contributed by atoms with E-state index in [0.717, 1.165) is 18.0 Å². The van der Waals surface area contributed by atoms with E-state index in [1.807, 2.05) is 38.1 Å². The number of rotatable bonds is 10. The molecule has 30 heavy (non-hydrogen) atoms. The molecule has 0 aromatic heterocycles. The van der Waals surface area contributed by atoms with Crippen LogP contribution in [0.4, 0.5) is 0 Å². The fourth-order valence-electron chi connectivity index (χ4n) is 2.58. The Kier molecular flexibility index (Phi) is 9.30. The molecule has 162 valence electrons. The summed E-state index contributed by atoms with van der Waals surface area (Å²) in [4.78, 5) is 16.6. The van der Waals surface area contributed by atoms with Gasteiger partial charge in [0.2, 0.25) is 0 Å². The summed E-state index contributed by atoms with van der Waals surface area (Å²) in [7, 11) is 1.62. The van der Waals surface area contributed by atoms with Crippen LogP contribution in [-0.2, 0) is 0 Å². The molecule has 0 heterocycles. The number of phenolic OH excluding ortho intramolecular Hbond substituents is 1. The molecular weight excluding hydrogens is 384 g/mol. The van der Waals surface area contributed by atoms with Gasteiger partial charge in [0, 0.05) is 31.3 Å². The normalized spacial score (nSPS) is 12.0.